The normalized spacial score (nSPS) is 13.3. The van der Waals surface area contributed by atoms with Gasteiger partial charge in [0.2, 0.25) is 0 Å². The SMILES string of the molecule is CCNC(=NCC(C)(O)c1ccccc1)NCCCCCCC(=O)OC.I. The Morgan fingerprint density at radius 2 is 1.81 bits per heavy atom. The molecule has 1 unspecified atom stereocenters. The number of rotatable bonds is 11. The van der Waals surface area contributed by atoms with Gasteiger partial charge in [0.05, 0.1) is 13.7 Å². The number of benzene rings is 1. The number of aliphatic imine (C=N–C) groups is 1. The van der Waals surface area contributed by atoms with E-state index in [1.54, 1.807) is 6.92 Å². The van der Waals surface area contributed by atoms with Crippen LogP contribution in [0.5, 0.6) is 0 Å². The summed E-state index contributed by atoms with van der Waals surface area (Å²) in [6, 6.07) is 9.57. The molecule has 0 heterocycles. The van der Waals surface area contributed by atoms with Crippen molar-refractivity contribution in [3.8, 4) is 0 Å². The van der Waals surface area contributed by atoms with Crippen molar-refractivity contribution in [2.24, 2.45) is 4.99 Å². The van der Waals surface area contributed by atoms with Crippen molar-refractivity contribution in [2.75, 3.05) is 26.7 Å². The molecule has 1 aromatic rings. The summed E-state index contributed by atoms with van der Waals surface area (Å²) >= 11 is 0. The van der Waals surface area contributed by atoms with E-state index in [-0.39, 0.29) is 36.5 Å². The van der Waals surface area contributed by atoms with Gasteiger partial charge in [0.1, 0.15) is 5.60 Å². The molecular weight excluding hydrogens is 457 g/mol. The van der Waals surface area contributed by atoms with Crippen molar-refractivity contribution in [2.45, 2.75) is 51.6 Å². The third kappa shape index (κ3) is 11.2. The average Bonchev–Trinajstić information content (AvgIpc) is 2.65. The van der Waals surface area contributed by atoms with Crippen molar-refractivity contribution in [3.63, 3.8) is 0 Å². The van der Waals surface area contributed by atoms with E-state index in [4.69, 9.17) is 0 Å². The molecule has 0 saturated carbocycles. The van der Waals surface area contributed by atoms with Crippen LogP contribution in [-0.2, 0) is 15.1 Å². The predicted octanol–water partition coefficient (Wildman–Crippen LogP) is 3.19. The van der Waals surface area contributed by atoms with E-state index in [1.807, 2.05) is 37.3 Å². The fourth-order valence-corrected chi connectivity index (χ4v) is 2.52. The molecule has 1 atom stereocenters. The molecule has 0 aliphatic heterocycles. The molecule has 7 heteroatoms. The zero-order valence-corrected chi connectivity index (χ0v) is 19.0. The van der Waals surface area contributed by atoms with Gasteiger partial charge in [-0.2, -0.15) is 0 Å². The Hall–Kier alpha value is -1.35. The first-order valence-corrected chi connectivity index (χ1v) is 9.36. The number of carbonyl (C=O) groups is 1. The molecule has 0 aromatic heterocycles. The van der Waals surface area contributed by atoms with Gasteiger partial charge in [0, 0.05) is 19.5 Å². The van der Waals surface area contributed by atoms with Crippen molar-refractivity contribution >= 4 is 35.9 Å². The maximum absolute atomic E-state index is 11.0. The molecule has 0 bridgehead atoms. The van der Waals surface area contributed by atoms with Crippen molar-refractivity contribution in [1.29, 1.82) is 0 Å². The van der Waals surface area contributed by atoms with E-state index >= 15 is 0 Å². The van der Waals surface area contributed by atoms with E-state index in [2.05, 4.69) is 20.4 Å². The number of unbranched alkanes of at least 4 members (excludes halogenated alkanes) is 3. The lowest BCUT2D eigenvalue weighted by atomic mass is 9.96. The topological polar surface area (TPSA) is 83.0 Å². The van der Waals surface area contributed by atoms with Crippen molar-refractivity contribution in [3.05, 3.63) is 35.9 Å². The highest BCUT2D eigenvalue weighted by atomic mass is 127. The Labute approximate surface area is 180 Å². The molecule has 0 amide bonds. The highest BCUT2D eigenvalue weighted by molar-refractivity contribution is 14.0. The Kier molecular flexibility index (Phi) is 13.9. The first-order valence-electron chi connectivity index (χ1n) is 9.36. The van der Waals surface area contributed by atoms with E-state index in [0.717, 1.165) is 44.3 Å². The van der Waals surface area contributed by atoms with Gasteiger partial charge < -0.3 is 20.5 Å². The number of methoxy groups -OCH3 is 1. The van der Waals surface area contributed by atoms with Gasteiger partial charge in [-0.1, -0.05) is 43.2 Å². The summed E-state index contributed by atoms with van der Waals surface area (Å²) in [6.45, 7) is 5.64. The lowest BCUT2D eigenvalue weighted by Gasteiger charge is -2.22. The quantitative estimate of drug-likeness (QED) is 0.146. The molecule has 0 aliphatic carbocycles. The maximum atomic E-state index is 11.0. The Balaban J connectivity index is 0.00000676. The fourth-order valence-electron chi connectivity index (χ4n) is 2.52. The smallest absolute Gasteiger partial charge is 0.305 e. The van der Waals surface area contributed by atoms with E-state index in [1.165, 1.54) is 7.11 Å². The number of carbonyl (C=O) groups excluding carboxylic acids is 1. The van der Waals surface area contributed by atoms with Crippen LogP contribution >= 0.6 is 24.0 Å². The zero-order valence-electron chi connectivity index (χ0n) is 16.7. The zero-order chi connectivity index (χ0) is 19.3. The number of halogens is 1. The third-order valence-electron chi connectivity index (χ3n) is 4.11. The number of hydrogen-bond donors (Lipinski definition) is 3. The number of ether oxygens (including phenoxy) is 1. The van der Waals surface area contributed by atoms with Crippen LogP contribution < -0.4 is 10.6 Å². The Bertz CT molecular complexity index is 551. The van der Waals surface area contributed by atoms with Gasteiger partial charge in [-0.15, -0.1) is 24.0 Å². The molecule has 1 aromatic carbocycles. The highest BCUT2D eigenvalue weighted by Gasteiger charge is 2.22. The second-order valence-corrected chi connectivity index (χ2v) is 6.50. The maximum Gasteiger partial charge on any atom is 0.305 e. The lowest BCUT2D eigenvalue weighted by molar-refractivity contribution is -0.140. The van der Waals surface area contributed by atoms with Gasteiger partial charge in [0.25, 0.3) is 0 Å². The minimum absolute atomic E-state index is 0. The van der Waals surface area contributed by atoms with Crippen LogP contribution in [0.15, 0.2) is 35.3 Å². The largest absolute Gasteiger partial charge is 0.469 e. The number of aliphatic hydroxyl groups is 1. The first-order chi connectivity index (χ1) is 12.5. The Morgan fingerprint density at radius 1 is 1.15 bits per heavy atom. The molecule has 0 spiro atoms. The van der Waals surface area contributed by atoms with Crippen LogP contribution in [0.1, 0.15) is 51.5 Å². The van der Waals surface area contributed by atoms with Gasteiger partial charge in [-0.25, -0.2) is 4.99 Å². The second-order valence-electron chi connectivity index (χ2n) is 6.50. The van der Waals surface area contributed by atoms with Crippen LogP contribution in [0.25, 0.3) is 0 Å². The Morgan fingerprint density at radius 3 is 2.44 bits per heavy atom. The molecule has 154 valence electrons. The molecule has 1 rings (SSSR count). The van der Waals surface area contributed by atoms with Crippen molar-refractivity contribution < 1.29 is 14.6 Å². The number of nitrogens with one attached hydrogen (secondary N) is 2. The number of nitrogens with zero attached hydrogens (tertiary/aromatic N) is 1. The number of esters is 1. The van der Waals surface area contributed by atoms with Gasteiger partial charge in [-0.3, -0.25) is 4.79 Å². The first kappa shape index (κ1) is 25.6. The predicted molar refractivity (Wildman–Crippen MR) is 121 cm³/mol. The van der Waals surface area contributed by atoms with Crippen LogP contribution in [0.2, 0.25) is 0 Å². The van der Waals surface area contributed by atoms with E-state index in [9.17, 15) is 9.90 Å². The molecule has 0 fully saturated rings. The molecule has 0 radical (unpaired) electrons. The molecule has 0 saturated heterocycles. The van der Waals surface area contributed by atoms with Crippen molar-refractivity contribution in [1.82, 2.24) is 10.6 Å². The molecule has 6 nitrogen and oxygen atoms in total. The summed E-state index contributed by atoms with van der Waals surface area (Å²) < 4.78 is 4.63. The monoisotopic (exact) mass is 491 g/mol. The molecule has 0 aliphatic rings. The van der Waals surface area contributed by atoms with Gasteiger partial charge in [0.15, 0.2) is 5.96 Å². The summed E-state index contributed by atoms with van der Waals surface area (Å²) in [5.41, 5.74) is -0.150. The van der Waals surface area contributed by atoms with Gasteiger partial charge in [-0.05, 0) is 32.3 Å². The minimum atomic E-state index is -1.00. The summed E-state index contributed by atoms with van der Waals surface area (Å²) in [5.74, 6) is 0.563. The molecule has 3 N–H and O–H groups in total. The lowest BCUT2D eigenvalue weighted by Crippen LogP contribution is -2.39. The number of hydrogen-bond acceptors (Lipinski definition) is 4. The minimum Gasteiger partial charge on any atom is -0.469 e. The van der Waals surface area contributed by atoms with Gasteiger partial charge >= 0.3 is 5.97 Å². The molecular formula is C20H34IN3O3. The van der Waals surface area contributed by atoms with Crippen LogP contribution in [0.4, 0.5) is 0 Å². The average molecular weight is 491 g/mol. The van der Waals surface area contributed by atoms with Crippen LogP contribution in [0, 0.1) is 0 Å². The third-order valence-corrected chi connectivity index (χ3v) is 4.11. The second kappa shape index (κ2) is 14.7. The van der Waals surface area contributed by atoms with Crippen LogP contribution in [0.3, 0.4) is 0 Å². The standard InChI is InChI=1S/C20H33N3O3.HI/c1-4-21-19(22-15-11-6-5-10-14-18(24)26-3)23-16-20(2,25)17-12-8-7-9-13-17;/h7-9,12-13,25H,4-6,10-11,14-16H2,1-3H3,(H2,21,22,23);1H. The summed E-state index contributed by atoms with van der Waals surface area (Å²) in [4.78, 5) is 15.6. The molecule has 27 heavy (non-hydrogen) atoms. The van der Waals surface area contributed by atoms with E-state index < -0.39 is 5.60 Å². The van der Waals surface area contributed by atoms with Crippen LogP contribution in [-0.4, -0.2) is 43.8 Å². The number of guanidine groups is 1. The summed E-state index contributed by atoms with van der Waals surface area (Å²) in [6.07, 6.45) is 4.41. The highest BCUT2D eigenvalue weighted by Crippen LogP contribution is 2.20. The summed E-state index contributed by atoms with van der Waals surface area (Å²) in [7, 11) is 1.42. The fraction of sp³-hybridized carbons (Fsp3) is 0.600. The summed E-state index contributed by atoms with van der Waals surface area (Å²) in [5, 5.41) is 17.1. The van der Waals surface area contributed by atoms with E-state index in [0.29, 0.717) is 12.4 Å².